The zero-order chi connectivity index (χ0) is 13.4. The number of amides is 1. The van der Waals surface area contributed by atoms with Crippen molar-refractivity contribution in [1.82, 2.24) is 5.32 Å². The Morgan fingerprint density at radius 2 is 1.94 bits per heavy atom. The van der Waals surface area contributed by atoms with Crippen LogP contribution < -0.4 is 5.32 Å². The van der Waals surface area contributed by atoms with E-state index in [1.807, 2.05) is 31.2 Å². The fourth-order valence-corrected chi connectivity index (χ4v) is 2.01. The number of hydrogen-bond donors (Lipinski definition) is 1. The standard InChI is InChI=1S/C13H17NO3S/c1-10-3-5-11(6-4-10)18-8-7-13(16)17-9-12(15)14-2/h3-6H,7-9H2,1-2H3,(H,14,15). The first-order chi connectivity index (χ1) is 8.61. The number of carbonyl (C=O) groups is 2. The van der Waals surface area contributed by atoms with Crippen molar-refractivity contribution in [3.05, 3.63) is 29.8 Å². The molecule has 0 bridgehead atoms. The van der Waals surface area contributed by atoms with Gasteiger partial charge in [0.2, 0.25) is 0 Å². The summed E-state index contributed by atoms with van der Waals surface area (Å²) in [5.41, 5.74) is 1.21. The maximum absolute atomic E-state index is 11.3. The lowest BCUT2D eigenvalue weighted by molar-refractivity contribution is -0.147. The molecule has 4 nitrogen and oxygen atoms in total. The third kappa shape index (κ3) is 5.72. The van der Waals surface area contributed by atoms with E-state index in [0.29, 0.717) is 12.2 Å². The number of ether oxygens (including phenoxy) is 1. The molecule has 0 heterocycles. The molecule has 1 aromatic carbocycles. The smallest absolute Gasteiger partial charge is 0.307 e. The summed E-state index contributed by atoms with van der Waals surface area (Å²) >= 11 is 1.60. The molecule has 0 aliphatic rings. The molecule has 98 valence electrons. The summed E-state index contributed by atoms with van der Waals surface area (Å²) in [6, 6.07) is 8.12. The van der Waals surface area contributed by atoms with Crippen molar-refractivity contribution in [1.29, 1.82) is 0 Å². The maximum Gasteiger partial charge on any atom is 0.307 e. The Morgan fingerprint density at radius 1 is 1.28 bits per heavy atom. The molecule has 1 amide bonds. The van der Waals surface area contributed by atoms with Gasteiger partial charge in [-0.05, 0) is 19.1 Å². The van der Waals surface area contributed by atoms with Crippen LogP contribution in [-0.4, -0.2) is 31.3 Å². The summed E-state index contributed by atoms with van der Waals surface area (Å²) in [5.74, 6) is 0.00285. The van der Waals surface area contributed by atoms with Crippen molar-refractivity contribution in [2.45, 2.75) is 18.2 Å². The van der Waals surface area contributed by atoms with Crippen LogP contribution in [-0.2, 0) is 14.3 Å². The minimum Gasteiger partial charge on any atom is -0.456 e. The van der Waals surface area contributed by atoms with Crippen LogP contribution in [0.3, 0.4) is 0 Å². The predicted octanol–water partition coefficient (Wildman–Crippen LogP) is 1.77. The average molecular weight is 267 g/mol. The molecular weight excluding hydrogens is 250 g/mol. The van der Waals surface area contributed by atoms with E-state index in [4.69, 9.17) is 4.74 Å². The van der Waals surface area contributed by atoms with E-state index in [0.717, 1.165) is 4.90 Å². The normalized spacial score (nSPS) is 9.89. The molecule has 0 radical (unpaired) electrons. The van der Waals surface area contributed by atoms with Crippen LogP contribution in [0.2, 0.25) is 0 Å². The monoisotopic (exact) mass is 267 g/mol. The fraction of sp³-hybridized carbons (Fsp3) is 0.385. The number of carbonyl (C=O) groups excluding carboxylic acids is 2. The first kappa shape index (κ1) is 14.6. The van der Waals surface area contributed by atoms with E-state index in [1.165, 1.54) is 12.6 Å². The van der Waals surface area contributed by atoms with E-state index in [2.05, 4.69) is 5.32 Å². The van der Waals surface area contributed by atoms with Gasteiger partial charge in [0.25, 0.3) is 5.91 Å². The molecule has 0 saturated heterocycles. The van der Waals surface area contributed by atoms with Crippen molar-refractivity contribution in [2.75, 3.05) is 19.4 Å². The Labute approximate surface area is 111 Å². The number of aryl methyl sites for hydroxylation is 1. The third-order valence-corrected chi connectivity index (χ3v) is 3.25. The number of rotatable bonds is 6. The molecule has 5 heteroatoms. The van der Waals surface area contributed by atoms with Crippen LogP contribution in [0.15, 0.2) is 29.2 Å². The Kier molecular flexibility index (Phi) is 6.28. The quantitative estimate of drug-likeness (QED) is 0.630. The minimum absolute atomic E-state index is 0.204. The summed E-state index contributed by atoms with van der Waals surface area (Å²) in [7, 11) is 1.50. The molecule has 1 N–H and O–H groups in total. The van der Waals surface area contributed by atoms with Crippen molar-refractivity contribution in [2.24, 2.45) is 0 Å². The molecule has 18 heavy (non-hydrogen) atoms. The lowest BCUT2D eigenvalue weighted by Gasteiger charge is -2.04. The van der Waals surface area contributed by atoms with E-state index >= 15 is 0 Å². The van der Waals surface area contributed by atoms with Gasteiger partial charge in [-0.3, -0.25) is 9.59 Å². The fourth-order valence-electron chi connectivity index (χ4n) is 1.18. The van der Waals surface area contributed by atoms with Gasteiger partial charge in [-0.25, -0.2) is 0 Å². The van der Waals surface area contributed by atoms with Gasteiger partial charge < -0.3 is 10.1 Å². The zero-order valence-electron chi connectivity index (χ0n) is 10.6. The van der Waals surface area contributed by atoms with Gasteiger partial charge in [-0.15, -0.1) is 11.8 Å². The van der Waals surface area contributed by atoms with E-state index in [-0.39, 0.29) is 18.5 Å². The molecule has 0 unspecified atom stereocenters. The van der Waals surface area contributed by atoms with Crippen LogP contribution in [0, 0.1) is 6.92 Å². The topological polar surface area (TPSA) is 55.4 Å². The molecule has 1 aromatic rings. The van der Waals surface area contributed by atoms with Gasteiger partial charge in [-0.1, -0.05) is 17.7 Å². The second kappa shape index (κ2) is 7.76. The highest BCUT2D eigenvalue weighted by Crippen LogP contribution is 2.19. The summed E-state index contributed by atoms with van der Waals surface area (Å²) in [6.45, 7) is 1.83. The van der Waals surface area contributed by atoms with Crippen LogP contribution in [0.5, 0.6) is 0 Å². The predicted molar refractivity (Wildman–Crippen MR) is 71.5 cm³/mol. The molecule has 0 aliphatic heterocycles. The van der Waals surface area contributed by atoms with Crippen molar-refractivity contribution in [3.63, 3.8) is 0 Å². The molecule has 0 saturated carbocycles. The Hall–Kier alpha value is -1.49. The van der Waals surface area contributed by atoms with Gasteiger partial charge >= 0.3 is 5.97 Å². The number of benzene rings is 1. The summed E-state index contributed by atoms with van der Waals surface area (Å²) < 4.78 is 4.79. The van der Waals surface area contributed by atoms with Gasteiger partial charge in [0.15, 0.2) is 6.61 Å². The van der Waals surface area contributed by atoms with E-state index in [9.17, 15) is 9.59 Å². The number of thioether (sulfide) groups is 1. The van der Waals surface area contributed by atoms with Crippen LogP contribution >= 0.6 is 11.8 Å². The molecule has 0 spiro atoms. The van der Waals surface area contributed by atoms with Gasteiger partial charge in [0.05, 0.1) is 6.42 Å². The Balaban J connectivity index is 2.19. The van der Waals surface area contributed by atoms with Crippen molar-refractivity contribution < 1.29 is 14.3 Å². The maximum atomic E-state index is 11.3. The molecule has 1 rings (SSSR count). The van der Waals surface area contributed by atoms with Gasteiger partial charge in [0.1, 0.15) is 0 Å². The molecule has 0 aliphatic carbocycles. The Bertz CT molecular complexity index is 403. The third-order valence-electron chi connectivity index (χ3n) is 2.24. The molecule has 0 fully saturated rings. The number of esters is 1. The average Bonchev–Trinajstić information content (AvgIpc) is 2.38. The molecule has 0 aromatic heterocycles. The van der Waals surface area contributed by atoms with Crippen LogP contribution in [0.4, 0.5) is 0 Å². The molecule has 0 atom stereocenters. The van der Waals surface area contributed by atoms with E-state index < -0.39 is 0 Å². The second-order valence-corrected chi connectivity index (χ2v) is 4.91. The van der Waals surface area contributed by atoms with E-state index in [1.54, 1.807) is 11.8 Å². The first-order valence-electron chi connectivity index (χ1n) is 5.67. The Morgan fingerprint density at radius 3 is 2.56 bits per heavy atom. The van der Waals surface area contributed by atoms with Gasteiger partial charge in [0, 0.05) is 17.7 Å². The highest BCUT2D eigenvalue weighted by atomic mass is 32.2. The minimum atomic E-state index is -0.349. The van der Waals surface area contributed by atoms with Crippen LogP contribution in [0.25, 0.3) is 0 Å². The van der Waals surface area contributed by atoms with Gasteiger partial charge in [-0.2, -0.15) is 0 Å². The summed E-state index contributed by atoms with van der Waals surface area (Å²) in [6.07, 6.45) is 0.301. The first-order valence-corrected chi connectivity index (χ1v) is 6.66. The lowest BCUT2D eigenvalue weighted by atomic mass is 10.2. The lowest BCUT2D eigenvalue weighted by Crippen LogP contribution is -2.25. The number of nitrogens with one attached hydrogen (secondary N) is 1. The summed E-state index contributed by atoms with van der Waals surface area (Å²) in [4.78, 5) is 23.3. The van der Waals surface area contributed by atoms with Crippen molar-refractivity contribution >= 4 is 23.6 Å². The largest absolute Gasteiger partial charge is 0.456 e. The number of hydrogen-bond acceptors (Lipinski definition) is 4. The summed E-state index contributed by atoms with van der Waals surface area (Å²) in [5, 5.41) is 2.39. The highest BCUT2D eigenvalue weighted by molar-refractivity contribution is 7.99. The highest BCUT2D eigenvalue weighted by Gasteiger charge is 2.06. The number of likely N-dealkylation sites (N-methyl/N-ethyl adjacent to an activating group) is 1. The second-order valence-electron chi connectivity index (χ2n) is 3.75. The molecular formula is C13H17NO3S. The van der Waals surface area contributed by atoms with Crippen LogP contribution in [0.1, 0.15) is 12.0 Å². The zero-order valence-corrected chi connectivity index (χ0v) is 11.4. The SMILES string of the molecule is CNC(=O)COC(=O)CCSc1ccc(C)cc1. The van der Waals surface area contributed by atoms with Crippen molar-refractivity contribution in [3.8, 4) is 0 Å².